The molecule has 0 N–H and O–H groups in total. The number of anilines is 1. The van der Waals surface area contributed by atoms with E-state index in [1.165, 1.54) is 17.0 Å². The second kappa shape index (κ2) is 4.44. The number of amides is 1. The van der Waals surface area contributed by atoms with Crippen LogP contribution < -0.4 is 9.64 Å². The molecule has 2 heterocycles. The quantitative estimate of drug-likeness (QED) is 0.457. The van der Waals surface area contributed by atoms with E-state index in [-0.39, 0.29) is 30.7 Å². The number of ether oxygens (including phenoxy) is 1. The van der Waals surface area contributed by atoms with Crippen LogP contribution in [-0.4, -0.2) is 29.0 Å². The van der Waals surface area contributed by atoms with Crippen LogP contribution in [0.1, 0.15) is 6.92 Å². The lowest BCUT2D eigenvalue weighted by Gasteiger charge is -2.25. The summed E-state index contributed by atoms with van der Waals surface area (Å²) in [4.78, 5) is 27.0. The normalized spacial score (nSPS) is 13.8. The van der Waals surface area contributed by atoms with Gasteiger partial charge in [0.2, 0.25) is 0 Å². The first-order valence-electron chi connectivity index (χ1n) is 5.22. The Labute approximate surface area is 103 Å². The molecule has 0 fully saturated rings. The van der Waals surface area contributed by atoms with Crippen LogP contribution >= 0.6 is 0 Å². The van der Waals surface area contributed by atoms with Gasteiger partial charge in [-0.2, -0.15) is 0 Å². The molecule has 0 spiro atoms. The number of aromatic nitrogens is 1. The summed E-state index contributed by atoms with van der Waals surface area (Å²) in [6.07, 6.45) is 0. The number of nitrogens with zero attached hydrogens (tertiary/aromatic N) is 3. The maximum absolute atomic E-state index is 11.7. The minimum absolute atomic E-state index is 0.0974. The lowest BCUT2D eigenvalue weighted by atomic mass is 10.2. The third-order valence-corrected chi connectivity index (χ3v) is 2.35. The van der Waals surface area contributed by atoms with Crippen molar-refractivity contribution in [2.75, 3.05) is 18.1 Å². The zero-order valence-electron chi connectivity index (χ0n) is 9.75. The molecule has 7 nitrogen and oxygen atoms in total. The standard InChI is InChI=1S/C11H11N3O4/c1-7(2)5-13-10(15)6-18-8-3-4-9(14(16)17)12-11(8)13/h3-4H,1,5-6H2,2H3. The largest absolute Gasteiger partial charge is 0.477 e. The van der Waals surface area contributed by atoms with E-state index in [9.17, 15) is 14.9 Å². The number of carbonyl (C=O) groups is 1. The number of pyridine rings is 1. The summed E-state index contributed by atoms with van der Waals surface area (Å²) in [5.74, 6) is -0.0813. The van der Waals surface area contributed by atoms with Gasteiger partial charge in [-0.15, -0.1) is 0 Å². The number of hydrogen-bond acceptors (Lipinski definition) is 5. The van der Waals surface area contributed by atoms with Crippen LogP contribution in [-0.2, 0) is 4.79 Å². The molecule has 0 radical (unpaired) electrons. The van der Waals surface area contributed by atoms with Crippen LogP contribution in [0.3, 0.4) is 0 Å². The minimum Gasteiger partial charge on any atom is -0.477 e. The van der Waals surface area contributed by atoms with E-state index in [0.29, 0.717) is 5.75 Å². The smallest absolute Gasteiger partial charge is 0.366 e. The Morgan fingerprint density at radius 2 is 2.39 bits per heavy atom. The highest BCUT2D eigenvalue weighted by Crippen LogP contribution is 2.32. The Hall–Kier alpha value is -2.44. The van der Waals surface area contributed by atoms with Crippen molar-refractivity contribution in [1.29, 1.82) is 0 Å². The second-order valence-corrected chi connectivity index (χ2v) is 3.97. The lowest BCUT2D eigenvalue weighted by Crippen LogP contribution is -2.40. The van der Waals surface area contributed by atoms with E-state index in [1.54, 1.807) is 6.92 Å². The van der Waals surface area contributed by atoms with E-state index in [0.717, 1.165) is 5.57 Å². The lowest BCUT2D eigenvalue weighted by molar-refractivity contribution is -0.389. The summed E-state index contributed by atoms with van der Waals surface area (Å²) >= 11 is 0. The maximum Gasteiger partial charge on any atom is 0.366 e. The van der Waals surface area contributed by atoms with Crippen molar-refractivity contribution in [2.45, 2.75) is 6.92 Å². The highest BCUT2D eigenvalue weighted by Gasteiger charge is 2.31. The molecule has 0 saturated heterocycles. The van der Waals surface area contributed by atoms with E-state index >= 15 is 0 Å². The van der Waals surface area contributed by atoms with Crippen molar-refractivity contribution in [3.63, 3.8) is 0 Å². The van der Waals surface area contributed by atoms with Crippen LogP contribution in [0.15, 0.2) is 24.3 Å². The van der Waals surface area contributed by atoms with Crippen molar-refractivity contribution in [1.82, 2.24) is 4.98 Å². The van der Waals surface area contributed by atoms with E-state index < -0.39 is 4.92 Å². The summed E-state index contributed by atoms with van der Waals surface area (Å²) in [6.45, 7) is 5.65. The zero-order valence-corrected chi connectivity index (χ0v) is 9.75. The van der Waals surface area contributed by atoms with E-state index in [2.05, 4.69) is 11.6 Å². The minimum atomic E-state index is -0.613. The molecule has 0 aromatic carbocycles. The highest BCUT2D eigenvalue weighted by atomic mass is 16.6. The Balaban J connectivity index is 2.46. The van der Waals surface area contributed by atoms with Gasteiger partial charge in [0.15, 0.2) is 12.4 Å². The summed E-state index contributed by atoms with van der Waals surface area (Å²) in [5, 5.41) is 10.7. The monoisotopic (exact) mass is 249 g/mol. The molecule has 94 valence electrons. The predicted molar refractivity (Wildman–Crippen MR) is 63.6 cm³/mol. The van der Waals surface area contributed by atoms with Crippen molar-refractivity contribution < 1.29 is 14.5 Å². The number of nitro groups is 1. The molecule has 0 unspecified atom stereocenters. The van der Waals surface area contributed by atoms with Gasteiger partial charge in [0, 0.05) is 6.07 Å². The number of carbonyl (C=O) groups excluding carboxylic acids is 1. The van der Waals surface area contributed by atoms with Crippen LogP contribution in [0, 0.1) is 10.1 Å². The predicted octanol–water partition coefficient (Wildman–Crippen LogP) is 1.29. The Bertz CT molecular complexity index is 541. The van der Waals surface area contributed by atoms with Gasteiger partial charge in [-0.1, -0.05) is 12.2 Å². The van der Waals surface area contributed by atoms with Crippen molar-refractivity contribution in [2.24, 2.45) is 0 Å². The molecule has 18 heavy (non-hydrogen) atoms. The fraction of sp³-hybridized carbons (Fsp3) is 0.273. The highest BCUT2D eigenvalue weighted by molar-refractivity contribution is 5.97. The van der Waals surface area contributed by atoms with Gasteiger partial charge in [-0.25, -0.2) is 0 Å². The fourth-order valence-corrected chi connectivity index (χ4v) is 1.60. The Kier molecular flexibility index (Phi) is 2.97. The third kappa shape index (κ3) is 2.15. The number of fused-ring (bicyclic) bond motifs is 1. The number of hydrogen-bond donors (Lipinski definition) is 0. The summed E-state index contributed by atoms with van der Waals surface area (Å²) in [5.41, 5.74) is 0.754. The van der Waals surface area contributed by atoms with E-state index in [4.69, 9.17) is 4.74 Å². The molecule has 0 bridgehead atoms. The summed E-state index contributed by atoms with van der Waals surface area (Å²) in [7, 11) is 0. The van der Waals surface area contributed by atoms with Crippen LogP contribution in [0.5, 0.6) is 5.75 Å². The summed E-state index contributed by atoms with van der Waals surface area (Å²) < 4.78 is 5.18. The zero-order chi connectivity index (χ0) is 13.3. The van der Waals surface area contributed by atoms with Gasteiger partial charge in [-0.3, -0.25) is 9.69 Å². The first kappa shape index (κ1) is 12.0. The molecule has 1 aliphatic rings. The van der Waals surface area contributed by atoms with E-state index in [1.807, 2.05) is 0 Å². The maximum atomic E-state index is 11.7. The molecule has 0 atom stereocenters. The second-order valence-electron chi connectivity index (χ2n) is 3.97. The first-order chi connectivity index (χ1) is 8.49. The molecule has 1 aromatic rings. The van der Waals surface area contributed by atoms with Gasteiger partial charge in [0.1, 0.15) is 0 Å². The molecule has 0 aliphatic carbocycles. The Morgan fingerprint density at radius 1 is 1.67 bits per heavy atom. The van der Waals surface area contributed by atoms with Crippen molar-refractivity contribution in [3.8, 4) is 5.75 Å². The van der Waals surface area contributed by atoms with Crippen LogP contribution in [0.4, 0.5) is 11.6 Å². The van der Waals surface area contributed by atoms with Crippen LogP contribution in [0.25, 0.3) is 0 Å². The molecular weight excluding hydrogens is 238 g/mol. The molecule has 1 aliphatic heterocycles. The molecule has 2 rings (SSSR count). The average molecular weight is 249 g/mol. The van der Waals surface area contributed by atoms with Crippen LogP contribution in [0.2, 0.25) is 0 Å². The Morgan fingerprint density at radius 3 is 3.00 bits per heavy atom. The van der Waals surface area contributed by atoms with Gasteiger partial charge in [0.05, 0.1) is 6.54 Å². The average Bonchev–Trinajstić information content (AvgIpc) is 2.31. The van der Waals surface area contributed by atoms with Gasteiger partial charge in [0.25, 0.3) is 11.7 Å². The van der Waals surface area contributed by atoms with Crippen molar-refractivity contribution in [3.05, 3.63) is 34.4 Å². The SMILES string of the molecule is C=C(C)CN1C(=O)COc2ccc([N+](=O)[O-])nc21. The molecular formula is C11H11N3O4. The van der Waals surface area contributed by atoms with Gasteiger partial charge < -0.3 is 14.9 Å². The first-order valence-corrected chi connectivity index (χ1v) is 5.22. The number of rotatable bonds is 3. The molecule has 1 amide bonds. The molecule has 1 aromatic heterocycles. The molecule has 0 saturated carbocycles. The van der Waals surface area contributed by atoms with Gasteiger partial charge >= 0.3 is 5.82 Å². The van der Waals surface area contributed by atoms with Crippen molar-refractivity contribution >= 4 is 17.5 Å². The fourth-order valence-electron chi connectivity index (χ4n) is 1.60. The van der Waals surface area contributed by atoms with Gasteiger partial charge in [-0.05, 0) is 22.9 Å². The topological polar surface area (TPSA) is 85.6 Å². The third-order valence-electron chi connectivity index (χ3n) is 2.35. The molecule has 7 heteroatoms. The summed E-state index contributed by atoms with van der Waals surface area (Å²) in [6, 6.07) is 2.69.